The molecule has 3 N–H and O–H groups in total. The van der Waals surface area contributed by atoms with Gasteiger partial charge in [-0.3, -0.25) is 9.71 Å². The summed E-state index contributed by atoms with van der Waals surface area (Å²) in [7, 11) is -3.98. The molecular weight excluding hydrogens is 334 g/mol. The molecule has 0 fully saturated rings. The van der Waals surface area contributed by atoms with Gasteiger partial charge in [-0.15, -0.1) is 11.3 Å². The highest BCUT2D eigenvalue weighted by molar-refractivity contribution is 7.93. The first-order valence-electron chi connectivity index (χ1n) is 5.70. The summed E-state index contributed by atoms with van der Waals surface area (Å²) in [5.41, 5.74) is 0.208. The third-order valence-corrected chi connectivity index (χ3v) is 4.87. The summed E-state index contributed by atoms with van der Waals surface area (Å²) in [6.07, 6.45) is 0. The Balaban J connectivity index is 1.96. The van der Waals surface area contributed by atoms with E-state index in [1.807, 2.05) is 0 Å². The highest BCUT2D eigenvalue weighted by atomic mass is 32.2. The van der Waals surface area contributed by atoms with E-state index < -0.39 is 21.7 Å². The Morgan fingerprint density at radius 2 is 2.18 bits per heavy atom. The fourth-order valence-corrected chi connectivity index (χ4v) is 3.64. The standard InChI is InChI=1S/C11H7N3O6S2/c15-9(16)7-4-21-10(12-7)14-22(18,19)5-1-2-6-8(3-5)20-11(17)13-6/h1-4H,(H,12,14)(H,13,17)(H,15,16). The van der Waals surface area contributed by atoms with E-state index in [0.29, 0.717) is 5.52 Å². The number of hydrogen-bond donors (Lipinski definition) is 3. The fraction of sp³-hybridized carbons (Fsp3) is 0. The van der Waals surface area contributed by atoms with Crippen molar-refractivity contribution in [3.05, 3.63) is 39.8 Å². The number of carboxylic acid groups (broad SMARTS) is 1. The Labute approximate surface area is 126 Å². The first-order chi connectivity index (χ1) is 10.3. The number of thiazole rings is 1. The first kappa shape index (κ1) is 14.3. The third-order valence-electron chi connectivity index (χ3n) is 2.65. The first-order valence-corrected chi connectivity index (χ1v) is 8.06. The number of aromatic nitrogens is 2. The molecular formula is C11H7N3O6S2. The minimum Gasteiger partial charge on any atom is -0.476 e. The molecule has 0 amide bonds. The molecule has 0 aliphatic carbocycles. The molecule has 0 aliphatic rings. The van der Waals surface area contributed by atoms with Crippen molar-refractivity contribution >= 4 is 43.6 Å². The lowest BCUT2D eigenvalue weighted by molar-refractivity contribution is 0.0691. The van der Waals surface area contributed by atoms with Crippen molar-refractivity contribution in [2.75, 3.05) is 4.72 Å². The zero-order valence-electron chi connectivity index (χ0n) is 10.6. The molecule has 0 saturated carbocycles. The van der Waals surface area contributed by atoms with Crippen LogP contribution in [0.3, 0.4) is 0 Å². The molecule has 114 valence electrons. The van der Waals surface area contributed by atoms with Crippen LogP contribution < -0.4 is 10.5 Å². The highest BCUT2D eigenvalue weighted by Crippen LogP contribution is 2.22. The Bertz CT molecular complexity index is 1030. The number of carbonyl (C=O) groups is 1. The van der Waals surface area contributed by atoms with E-state index >= 15 is 0 Å². The SMILES string of the molecule is O=C(O)c1csc(NS(=O)(=O)c2ccc3[nH]c(=O)oc3c2)n1. The lowest BCUT2D eigenvalue weighted by Gasteiger charge is -2.04. The third kappa shape index (κ3) is 2.58. The number of H-pyrrole nitrogens is 1. The number of nitrogens with one attached hydrogen (secondary N) is 2. The van der Waals surface area contributed by atoms with Gasteiger partial charge >= 0.3 is 11.7 Å². The van der Waals surface area contributed by atoms with Crippen LogP contribution in [0.5, 0.6) is 0 Å². The Kier molecular flexibility index (Phi) is 3.22. The lowest BCUT2D eigenvalue weighted by Crippen LogP contribution is -2.13. The number of fused-ring (bicyclic) bond motifs is 1. The molecule has 2 aromatic heterocycles. The zero-order chi connectivity index (χ0) is 15.9. The Morgan fingerprint density at radius 1 is 1.41 bits per heavy atom. The van der Waals surface area contributed by atoms with Crippen molar-refractivity contribution in [2.45, 2.75) is 4.90 Å². The molecule has 9 nitrogen and oxygen atoms in total. The van der Waals surface area contributed by atoms with Gasteiger partial charge in [0.15, 0.2) is 16.4 Å². The summed E-state index contributed by atoms with van der Waals surface area (Å²) in [5.74, 6) is -1.94. The van der Waals surface area contributed by atoms with Crippen LogP contribution in [0.2, 0.25) is 0 Å². The number of oxazole rings is 1. The van der Waals surface area contributed by atoms with Crippen LogP contribution in [0.4, 0.5) is 5.13 Å². The maximum atomic E-state index is 12.2. The second-order valence-corrected chi connectivity index (χ2v) is 6.66. The molecule has 0 bridgehead atoms. The van der Waals surface area contributed by atoms with Crippen LogP contribution in [0.1, 0.15) is 10.5 Å². The minimum atomic E-state index is -3.98. The molecule has 3 rings (SSSR count). The smallest absolute Gasteiger partial charge is 0.417 e. The fourth-order valence-electron chi connectivity index (χ4n) is 1.69. The van der Waals surface area contributed by atoms with Gasteiger partial charge in [-0.25, -0.2) is 23.0 Å². The summed E-state index contributed by atoms with van der Waals surface area (Å²) in [5, 5.41) is 9.90. The molecule has 2 heterocycles. The second-order valence-electron chi connectivity index (χ2n) is 4.12. The van der Waals surface area contributed by atoms with Crippen LogP contribution in [-0.4, -0.2) is 29.5 Å². The average Bonchev–Trinajstić information content (AvgIpc) is 3.02. The lowest BCUT2D eigenvalue weighted by atomic mass is 10.3. The van der Waals surface area contributed by atoms with Gasteiger partial charge in [0.1, 0.15) is 0 Å². The number of aromatic amines is 1. The summed E-state index contributed by atoms with van der Waals surface area (Å²) in [4.78, 5) is 27.7. The zero-order valence-corrected chi connectivity index (χ0v) is 12.2. The molecule has 1 aromatic carbocycles. The largest absolute Gasteiger partial charge is 0.476 e. The van der Waals surface area contributed by atoms with Crippen LogP contribution in [0, 0.1) is 0 Å². The van der Waals surface area contributed by atoms with E-state index in [0.717, 1.165) is 11.3 Å². The van der Waals surface area contributed by atoms with Gasteiger partial charge in [0.2, 0.25) is 0 Å². The van der Waals surface area contributed by atoms with E-state index in [1.165, 1.54) is 23.6 Å². The van der Waals surface area contributed by atoms with E-state index in [4.69, 9.17) is 9.52 Å². The molecule has 0 spiro atoms. The van der Waals surface area contributed by atoms with Crippen molar-refractivity contribution in [3.8, 4) is 0 Å². The summed E-state index contributed by atoms with van der Waals surface area (Å²) >= 11 is 0.845. The van der Waals surface area contributed by atoms with Gasteiger partial charge < -0.3 is 9.52 Å². The summed E-state index contributed by atoms with van der Waals surface area (Å²) in [6, 6.07) is 3.85. The highest BCUT2D eigenvalue weighted by Gasteiger charge is 2.19. The number of hydrogen-bond acceptors (Lipinski definition) is 7. The van der Waals surface area contributed by atoms with Crippen LogP contribution >= 0.6 is 11.3 Å². The van der Waals surface area contributed by atoms with Crippen LogP contribution in [-0.2, 0) is 10.0 Å². The summed E-state index contributed by atoms with van der Waals surface area (Å²) in [6.45, 7) is 0. The number of aromatic carboxylic acids is 1. The maximum Gasteiger partial charge on any atom is 0.417 e. The van der Waals surface area contributed by atoms with Crippen molar-refractivity contribution in [1.29, 1.82) is 0 Å². The second kappa shape index (κ2) is 4.96. The number of rotatable bonds is 4. The summed E-state index contributed by atoms with van der Waals surface area (Å²) < 4.78 is 31.4. The molecule has 3 aromatic rings. The molecule has 0 atom stereocenters. The molecule has 11 heteroatoms. The monoisotopic (exact) mass is 341 g/mol. The van der Waals surface area contributed by atoms with Crippen molar-refractivity contribution < 1.29 is 22.7 Å². The van der Waals surface area contributed by atoms with E-state index in [9.17, 15) is 18.0 Å². The topological polar surface area (TPSA) is 142 Å². The van der Waals surface area contributed by atoms with E-state index in [1.54, 1.807) is 0 Å². The van der Waals surface area contributed by atoms with Gasteiger partial charge in [-0.1, -0.05) is 0 Å². The van der Waals surface area contributed by atoms with E-state index in [2.05, 4.69) is 14.7 Å². The number of anilines is 1. The normalized spacial score (nSPS) is 11.6. The predicted octanol–water partition coefficient (Wildman–Crippen LogP) is 1.08. The Hall–Kier alpha value is -2.66. The van der Waals surface area contributed by atoms with Crippen LogP contribution in [0.15, 0.2) is 37.7 Å². The predicted molar refractivity (Wildman–Crippen MR) is 76.7 cm³/mol. The number of carboxylic acids is 1. The number of nitrogens with zero attached hydrogens (tertiary/aromatic N) is 1. The Morgan fingerprint density at radius 3 is 2.86 bits per heavy atom. The molecule has 22 heavy (non-hydrogen) atoms. The van der Waals surface area contributed by atoms with Crippen LogP contribution in [0.25, 0.3) is 11.1 Å². The van der Waals surface area contributed by atoms with Crippen molar-refractivity contribution in [1.82, 2.24) is 9.97 Å². The van der Waals surface area contributed by atoms with Gasteiger partial charge in [-0.2, -0.15) is 0 Å². The molecule has 0 radical (unpaired) electrons. The van der Waals surface area contributed by atoms with Gasteiger partial charge in [0.25, 0.3) is 10.0 Å². The van der Waals surface area contributed by atoms with Crippen molar-refractivity contribution in [3.63, 3.8) is 0 Å². The molecule has 0 saturated heterocycles. The minimum absolute atomic E-state index is 0.0759. The van der Waals surface area contributed by atoms with E-state index in [-0.39, 0.29) is 21.3 Å². The van der Waals surface area contributed by atoms with Gasteiger partial charge in [-0.05, 0) is 12.1 Å². The molecule has 0 aliphatic heterocycles. The van der Waals surface area contributed by atoms with Gasteiger partial charge in [0.05, 0.1) is 10.4 Å². The van der Waals surface area contributed by atoms with Crippen molar-refractivity contribution in [2.24, 2.45) is 0 Å². The quantitative estimate of drug-likeness (QED) is 0.644. The number of sulfonamides is 1. The van der Waals surface area contributed by atoms with Gasteiger partial charge in [0, 0.05) is 11.4 Å². The maximum absolute atomic E-state index is 12.2. The molecule has 0 unspecified atom stereocenters. The number of benzene rings is 1. The average molecular weight is 341 g/mol.